The van der Waals surface area contributed by atoms with E-state index in [2.05, 4.69) is 10.1 Å². The van der Waals surface area contributed by atoms with E-state index in [9.17, 15) is 0 Å². The molecule has 1 aliphatic rings. The van der Waals surface area contributed by atoms with Crippen LogP contribution in [0.3, 0.4) is 0 Å². The Hall–Kier alpha value is -1.88. The number of aromatic nitrogens is 2. The molecule has 1 heterocycles. The molecule has 1 aromatic heterocycles. The molecule has 0 bridgehead atoms. The van der Waals surface area contributed by atoms with Crippen molar-refractivity contribution in [3.05, 3.63) is 41.0 Å². The molecule has 0 radical (unpaired) electrons. The number of aryl methyl sites for hydroxylation is 1. The summed E-state index contributed by atoms with van der Waals surface area (Å²) in [6.45, 7) is 4.29. The van der Waals surface area contributed by atoms with E-state index in [1.54, 1.807) is 0 Å². The number of rotatable bonds is 5. The Morgan fingerprint density at radius 3 is 2.95 bits per heavy atom. The van der Waals surface area contributed by atoms with Gasteiger partial charge in [-0.05, 0) is 32.8 Å². The SMILES string of the molecule is Cc1ccc(OCc2noc(C3CC3)n2)c([C@@H](C)N)c1. The van der Waals surface area contributed by atoms with Crippen LogP contribution in [-0.4, -0.2) is 10.1 Å². The molecule has 1 fully saturated rings. The molecule has 0 unspecified atom stereocenters. The molecule has 0 aliphatic heterocycles. The summed E-state index contributed by atoms with van der Waals surface area (Å²) < 4.78 is 11.0. The van der Waals surface area contributed by atoms with Gasteiger partial charge in [-0.25, -0.2) is 0 Å². The van der Waals surface area contributed by atoms with Crippen LogP contribution in [0, 0.1) is 6.92 Å². The van der Waals surface area contributed by atoms with Gasteiger partial charge in [0.1, 0.15) is 5.75 Å². The van der Waals surface area contributed by atoms with Gasteiger partial charge in [0.05, 0.1) is 0 Å². The molecule has 3 rings (SSSR count). The Labute approximate surface area is 118 Å². The summed E-state index contributed by atoms with van der Waals surface area (Å²) in [7, 11) is 0. The zero-order valence-electron chi connectivity index (χ0n) is 11.8. The quantitative estimate of drug-likeness (QED) is 0.906. The van der Waals surface area contributed by atoms with E-state index in [4.69, 9.17) is 15.0 Å². The fraction of sp³-hybridized carbons (Fsp3) is 0.467. The number of ether oxygens (including phenoxy) is 1. The molecule has 1 saturated carbocycles. The fourth-order valence-corrected chi connectivity index (χ4v) is 2.12. The number of nitrogens with zero attached hydrogens (tertiary/aromatic N) is 2. The van der Waals surface area contributed by atoms with Crippen molar-refractivity contribution in [2.24, 2.45) is 5.73 Å². The van der Waals surface area contributed by atoms with Crippen LogP contribution in [0.1, 0.15) is 54.6 Å². The normalized spacial score (nSPS) is 16.1. The Bertz CT molecular complexity index is 603. The fourth-order valence-electron chi connectivity index (χ4n) is 2.12. The van der Waals surface area contributed by atoms with Crippen molar-refractivity contribution >= 4 is 0 Å². The first-order valence-corrected chi connectivity index (χ1v) is 6.95. The molecule has 1 aliphatic carbocycles. The summed E-state index contributed by atoms with van der Waals surface area (Å²) in [6, 6.07) is 5.92. The zero-order chi connectivity index (χ0) is 14.1. The lowest BCUT2D eigenvalue weighted by Gasteiger charge is -2.13. The van der Waals surface area contributed by atoms with E-state index in [0.29, 0.717) is 18.3 Å². The molecule has 0 saturated heterocycles. The van der Waals surface area contributed by atoms with Crippen LogP contribution in [0.15, 0.2) is 22.7 Å². The number of hydrogen-bond donors (Lipinski definition) is 1. The predicted molar refractivity (Wildman–Crippen MR) is 74.4 cm³/mol. The third-order valence-electron chi connectivity index (χ3n) is 3.42. The van der Waals surface area contributed by atoms with Crippen molar-refractivity contribution < 1.29 is 9.26 Å². The summed E-state index contributed by atoms with van der Waals surface area (Å²) in [5, 5.41) is 3.94. The van der Waals surface area contributed by atoms with Gasteiger partial charge in [-0.15, -0.1) is 0 Å². The van der Waals surface area contributed by atoms with Gasteiger partial charge < -0.3 is 15.0 Å². The Morgan fingerprint density at radius 1 is 1.45 bits per heavy atom. The first kappa shape index (κ1) is 13.1. The Balaban J connectivity index is 1.70. The first-order valence-electron chi connectivity index (χ1n) is 6.95. The molecule has 0 spiro atoms. The van der Waals surface area contributed by atoms with Crippen molar-refractivity contribution in [2.75, 3.05) is 0 Å². The number of benzene rings is 1. The molecule has 0 amide bonds. The van der Waals surface area contributed by atoms with E-state index >= 15 is 0 Å². The van der Waals surface area contributed by atoms with Crippen molar-refractivity contribution in [2.45, 2.75) is 45.3 Å². The molecule has 5 heteroatoms. The molecular formula is C15H19N3O2. The zero-order valence-corrected chi connectivity index (χ0v) is 11.8. The number of nitrogens with two attached hydrogens (primary N) is 1. The minimum atomic E-state index is -0.0720. The topological polar surface area (TPSA) is 74.2 Å². The second-order valence-electron chi connectivity index (χ2n) is 5.44. The van der Waals surface area contributed by atoms with E-state index < -0.39 is 0 Å². The average Bonchev–Trinajstić information content (AvgIpc) is 3.17. The highest BCUT2D eigenvalue weighted by molar-refractivity contribution is 5.38. The van der Waals surface area contributed by atoms with Crippen LogP contribution in [-0.2, 0) is 6.61 Å². The highest BCUT2D eigenvalue weighted by Crippen LogP contribution is 2.38. The largest absolute Gasteiger partial charge is 0.485 e. The average molecular weight is 273 g/mol. The highest BCUT2D eigenvalue weighted by Gasteiger charge is 2.29. The molecule has 5 nitrogen and oxygen atoms in total. The summed E-state index contributed by atoms with van der Waals surface area (Å²) in [5.74, 6) is 2.57. The van der Waals surface area contributed by atoms with Crippen molar-refractivity contribution in [1.82, 2.24) is 10.1 Å². The molecule has 2 aromatic rings. The third kappa shape index (κ3) is 2.82. The van der Waals surface area contributed by atoms with Gasteiger partial charge in [0, 0.05) is 17.5 Å². The van der Waals surface area contributed by atoms with Gasteiger partial charge in [0.2, 0.25) is 11.7 Å². The third-order valence-corrected chi connectivity index (χ3v) is 3.42. The van der Waals surface area contributed by atoms with E-state index in [1.807, 2.05) is 32.0 Å². The molecule has 106 valence electrons. The standard InChI is InChI=1S/C15H19N3O2/c1-9-3-6-13(12(7-9)10(2)16)19-8-14-17-15(20-18-14)11-4-5-11/h3,6-7,10-11H,4-5,8,16H2,1-2H3/t10-/m1/s1. The van der Waals surface area contributed by atoms with Crippen LogP contribution in [0.5, 0.6) is 5.75 Å². The van der Waals surface area contributed by atoms with Crippen LogP contribution < -0.4 is 10.5 Å². The van der Waals surface area contributed by atoms with Gasteiger partial charge >= 0.3 is 0 Å². The van der Waals surface area contributed by atoms with E-state index in [-0.39, 0.29) is 6.04 Å². The predicted octanol–water partition coefficient (Wildman–Crippen LogP) is 2.85. The van der Waals surface area contributed by atoms with Crippen molar-refractivity contribution in [3.63, 3.8) is 0 Å². The van der Waals surface area contributed by atoms with E-state index in [0.717, 1.165) is 30.0 Å². The van der Waals surface area contributed by atoms with E-state index in [1.165, 1.54) is 5.56 Å². The van der Waals surface area contributed by atoms with Gasteiger partial charge in [-0.1, -0.05) is 22.9 Å². The van der Waals surface area contributed by atoms with Crippen molar-refractivity contribution in [3.8, 4) is 5.75 Å². The lowest BCUT2D eigenvalue weighted by molar-refractivity contribution is 0.281. The molecular weight excluding hydrogens is 254 g/mol. The Morgan fingerprint density at radius 2 is 2.25 bits per heavy atom. The Kier molecular flexibility index (Phi) is 3.44. The number of hydrogen-bond acceptors (Lipinski definition) is 5. The highest BCUT2D eigenvalue weighted by atomic mass is 16.5. The summed E-state index contributed by atoms with van der Waals surface area (Å²) >= 11 is 0. The molecule has 1 aromatic carbocycles. The summed E-state index contributed by atoms with van der Waals surface area (Å²) in [4.78, 5) is 4.35. The van der Waals surface area contributed by atoms with Gasteiger partial charge in [-0.3, -0.25) is 0 Å². The van der Waals surface area contributed by atoms with Crippen LogP contribution in [0.2, 0.25) is 0 Å². The second-order valence-corrected chi connectivity index (χ2v) is 5.44. The lowest BCUT2D eigenvalue weighted by Crippen LogP contribution is -2.09. The maximum atomic E-state index is 5.97. The summed E-state index contributed by atoms with van der Waals surface area (Å²) in [6.07, 6.45) is 2.30. The molecule has 2 N–H and O–H groups in total. The van der Waals surface area contributed by atoms with Gasteiger partial charge in [-0.2, -0.15) is 4.98 Å². The second kappa shape index (κ2) is 5.25. The smallest absolute Gasteiger partial charge is 0.229 e. The van der Waals surface area contributed by atoms with Crippen LogP contribution >= 0.6 is 0 Å². The minimum Gasteiger partial charge on any atom is -0.485 e. The van der Waals surface area contributed by atoms with Crippen LogP contribution in [0.4, 0.5) is 0 Å². The minimum absolute atomic E-state index is 0.0720. The summed E-state index contributed by atoms with van der Waals surface area (Å²) in [5.41, 5.74) is 8.14. The first-order chi connectivity index (χ1) is 9.63. The molecule has 20 heavy (non-hydrogen) atoms. The van der Waals surface area contributed by atoms with Crippen LogP contribution in [0.25, 0.3) is 0 Å². The molecule has 1 atom stereocenters. The van der Waals surface area contributed by atoms with Gasteiger partial charge in [0.15, 0.2) is 6.61 Å². The maximum Gasteiger partial charge on any atom is 0.229 e. The van der Waals surface area contributed by atoms with Gasteiger partial charge in [0.25, 0.3) is 0 Å². The maximum absolute atomic E-state index is 5.97. The lowest BCUT2D eigenvalue weighted by atomic mass is 10.1. The monoisotopic (exact) mass is 273 g/mol. The van der Waals surface area contributed by atoms with Crippen molar-refractivity contribution in [1.29, 1.82) is 0 Å².